The summed E-state index contributed by atoms with van der Waals surface area (Å²) >= 11 is 3.30. The molecule has 1 aromatic carbocycles. The number of nitrogens with two attached hydrogens (primary N) is 1. The van der Waals surface area contributed by atoms with Crippen LogP contribution in [0.25, 0.3) is 0 Å². The number of aliphatic hydroxyl groups excluding tert-OH is 1. The van der Waals surface area contributed by atoms with Crippen molar-refractivity contribution in [2.45, 2.75) is 12.6 Å². The van der Waals surface area contributed by atoms with E-state index in [0.29, 0.717) is 18.0 Å². The summed E-state index contributed by atoms with van der Waals surface area (Å²) in [6, 6.07) is 7.11. The second-order valence-corrected chi connectivity index (χ2v) is 4.83. The predicted octanol–water partition coefficient (Wildman–Crippen LogP) is 1.67. The number of aromatic nitrogens is 2. The fourth-order valence-electron chi connectivity index (χ4n) is 1.50. The summed E-state index contributed by atoms with van der Waals surface area (Å²) in [6.07, 6.45) is 2.84. The first-order valence-electron chi connectivity index (χ1n) is 5.48. The largest absolute Gasteiger partial charge is 0.491 e. The molecule has 0 saturated heterocycles. The lowest BCUT2D eigenvalue weighted by molar-refractivity contribution is 0.0893. The SMILES string of the molecule is Nc1cccc(OCC(O)Cn2cc(Br)cn2)c1. The number of anilines is 1. The summed E-state index contributed by atoms with van der Waals surface area (Å²) in [5, 5.41) is 13.9. The molecule has 0 radical (unpaired) electrons. The van der Waals surface area contributed by atoms with Crippen molar-refractivity contribution in [3.63, 3.8) is 0 Å². The second kappa shape index (κ2) is 5.88. The molecule has 0 aliphatic carbocycles. The van der Waals surface area contributed by atoms with Gasteiger partial charge in [0, 0.05) is 18.0 Å². The number of nitrogens with zero attached hydrogens (tertiary/aromatic N) is 2. The van der Waals surface area contributed by atoms with E-state index in [0.717, 1.165) is 4.47 Å². The van der Waals surface area contributed by atoms with Gasteiger partial charge in [0.05, 0.1) is 17.2 Å². The van der Waals surface area contributed by atoms with Crippen molar-refractivity contribution >= 4 is 21.6 Å². The van der Waals surface area contributed by atoms with Crippen LogP contribution in [0.4, 0.5) is 5.69 Å². The van der Waals surface area contributed by atoms with E-state index in [1.807, 2.05) is 6.07 Å². The van der Waals surface area contributed by atoms with Gasteiger partial charge in [0.1, 0.15) is 18.5 Å². The summed E-state index contributed by atoms with van der Waals surface area (Å²) in [6.45, 7) is 0.578. The van der Waals surface area contributed by atoms with E-state index >= 15 is 0 Å². The Morgan fingerprint density at radius 2 is 2.33 bits per heavy atom. The first kappa shape index (κ1) is 12.9. The van der Waals surface area contributed by atoms with E-state index in [2.05, 4.69) is 21.0 Å². The van der Waals surface area contributed by atoms with Crippen molar-refractivity contribution in [1.29, 1.82) is 0 Å². The molecule has 1 heterocycles. The van der Waals surface area contributed by atoms with E-state index < -0.39 is 6.10 Å². The van der Waals surface area contributed by atoms with Crippen molar-refractivity contribution < 1.29 is 9.84 Å². The zero-order valence-corrected chi connectivity index (χ0v) is 11.2. The lowest BCUT2D eigenvalue weighted by atomic mass is 10.3. The van der Waals surface area contributed by atoms with E-state index in [9.17, 15) is 5.11 Å². The Bertz CT molecular complexity index is 516. The van der Waals surface area contributed by atoms with Crippen molar-refractivity contribution in [3.8, 4) is 5.75 Å². The maximum Gasteiger partial charge on any atom is 0.121 e. The highest BCUT2D eigenvalue weighted by Crippen LogP contribution is 2.14. The topological polar surface area (TPSA) is 73.3 Å². The molecular weight excluding hydrogens is 298 g/mol. The molecular formula is C12H14BrN3O2. The Morgan fingerprint density at radius 3 is 3.00 bits per heavy atom. The highest BCUT2D eigenvalue weighted by molar-refractivity contribution is 9.10. The highest BCUT2D eigenvalue weighted by Gasteiger charge is 2.07. The molecule has 96 valence electrons. The van der Waals surface area contributed by atoms with Gasteiger partial charge in [-0.25, -0.2) is 0 Å². The van der Waals surface area contributed by atoms with Crippen LogP contribution in [0.5, 0.6) is 5.75 Å². The third-order valence-corrected chi connectivity index (χ3v) is 2.71. The monoisotopic (exact) mass is 311 g/mol. The van der Waals surface area contributed by atoms with Crippen LogP contribution in [0.3, 0.4) is 0 Å². The standard InChI is InChI=1S/C12H14BrN3O2/c13-9-5-15-16(6-9)7-11(17)8-18-12-3-1-2-10(14)4-12/h1-6,11,17H,7-8,14H2. The van der Waals surface area contributed by atoms with Crippen molar-refractivity contribution in [2.24, 2.45) is 0 Å². The van der Waals surface area contributed by atoms with Gasteiger partial charge in [-0.3, -0.25) is 4.68 Å². The van der Waals surface area contributed by atoms with Gasteiger partial charge in [0.2, 0.25) is 0 Å². The predicted molar refractivity (Wildman–Crippen MR) is 72.3 cm³/mol. The fourth-order valence-corrected chi connectivity index (χ4v) is 1.83. The number of aliphatic hydroxyl groups is 1. The van der Waals surface area contributed by atoms with Crippen LogP contribution in [0.2, 0.25) is 0 Å². The Balaban J connectivity index is 1.83. The minimum absolute atomic E-state index is 0.195. The number of ether oxygens (including phenoxy) is 1. The Labute approximate surface area is 113 Å². The van der Waals surface area contributed by atoms with Crippen LogP contribution >= 0.6 is 15.9 Å². The fraction of sp³-hybridized carbons (Fsp3) is 0.250. The Morgan fingerprint density at radius 1 is 1.50 bits per heavy atom. The maximum atomic E-state index is 9.81. The Kier molecular flexibility index (Phi) is 4.22. The molecule has 0 fully saturated rings. The first-order chi connectivity index (χ1) is 8.63. The lowest BCUT2D eigenvalue weighted by Gasteiger charge is -2.12. The van der Waals surface area contributed by atoms with Gasteiger partial charge in [-0.2, -0.15) is 5.10 Å². The molecule has 2 rings (SSSR count). The summed E-state index contributed by atoms with van der Waals surface area (Å²) < 4.78 is 7.98. The number of halogens is 1. The Hall–Kier alpha value is -1.53. The van der Waals surface area contributed by atoms with Crippen LogP contribution in [-0.2, 0) is 6.54 Å². The smallest absolute Gasteiger partial charge is 0.121 e. The number of hydrogen-bond donors (Lipinski definition) is 2. The van der Waals surface area contributed by atoms with Gasteiger partial charge in [-0.15, -0.1) is 0 Å². The molecule has 1 aromatic heterocycles. The van der Waals surface area contributed by atoms with E-state index in [-0.39, 0.29) is 6.61 Å². The molecule has 2 aromatic rings. The highest BCUT2D eigenvalue weighted by atomic mass is 79.9. The molecule has 3 N–H and O–H groups in total. The van der Waals surface area contributed by atoms with E-state index in [4.69, 9.17) is 10.5 Å². The maximum absolute atomic E-state index is 9.81. The molecule has 0 saturated carbocycles. The van der Waals surface area contributed by atoms with E-state index in [1.54, 1.807) is 35.3 Å². The van der Waals surface area contributed by atoms with Crippen LogP contribution < -0.4 is 10.5 Å². The number of hydrogen-bond acceptors (Lipinski definition) is 4. The minimum Gasteiger partial charge on any atom is -0.491 e. The van der Waals surface area contributed by atoms with Gasteiger partial charge in [0.25, 0.3) is 0 Å². The third kappa shape index (κ3) is 3.75. The summed E-state index contributed by atoms with van der Waals surface area (Å²) in [4.78, 5) is 0. The molecule has 1 atom stereocenters. The average molecular weight is 312 g/mol. The number of rotatable bonds is 5. The third-order valence-electron chi connectivity index (χ3n) is 2.30. The van der Waals surface area contributed by atoms with Crippen LogP contribution in [0.1, 0.15) is 0 Å². The van der Waals surface area contributed by atoms with Gasteiger partial charge in [-0.05, 0) is 28.1 Å². The van der Waals surface area contributed by atoms with Crippen LogP contribution in [0.15, 0.2) is 41.1 Å². The molecule has 0 aliphatic rings. The quantitative estimate of drug-likeness (QED) is 0.824. The van der Waals surface area contributed by atoms with Crippen molar-refractivity contribution in [3.05, 3.63) is 41.1 Å². The lowest BCUT2D eigenvalue weighted by Crippen LogP contribution is -2.23. The van der Waals surface area contributed by atoms with Crippen molar-refractivity contribution in [1.82, 2.24) is 9.78 Å². The molecule has 0 bridgehead atoms. The zero-order chi connectivity index (χ0) is 13.0. The zero-order valence-electron chi connectivity index (χ0n) is 9.66. The van der Waals surface area contributed by atoms with Crippen LogP contribution in [0, 0.1) is 0 Å². The van der Waals surface area contributed by atoms with Gasteiger partial charge >= 0.3 is 0 Å². The van der Waals surface area contributed by atoms with Crippen molar-refractivity contribution in [2.75, 3.05) is 12.3 Å². The molecule has 0 aliphatic heterocycles. The van der Waals surface area contributed by atoms with E-state index in [1.165, 1.54) is 0 Å². The average Bonchev–Trinajstić information content (AvgIpc) is 2.72. The summed E-state index contributed by atoms with van der Waals surface area (Å²) in [5.74, 6) is 0.649. The molecule has 0 spiro atoms. The molecule has 0 amide bonds. The molecule has 18 heavy (non-hydrogen) atoms. The van der Waals surface area contributed by atoms with Gasteiger partial charge in [0.15, 0.2) is 0 Å². The number of nitrogen functional groups attached to an aromatic ring is 1. The summed E-state index contributed by atoms with van der Waals surface area (Å²) in [7, 11) is 0. The number of benzene rings is 1. The second-order valence-electron chi connectivity index (χ2n) is 3.92. The van der Waals surface area contributed by atoms with Gasteiger partial charge in [-0.1, -0.05) is 6.07 Å². The van der Waals surface area contributed by atoms with Gasteiger partial charge < -0.3 is 15.6 Å². The molecule has 6 heteroatoms. The first-order valence-corrected chi connectivity index (χ1v) is 6.27. The van der Waals surface area contributed by atoms with Crippen LogP contribution in [-0.4, -0.2) is 27.6 Å². The normalized spacial score (nSPS) is 12.3. The molecule has 5 nitrogen and oxygen atoms in total. The summed E-state index contributed by atoms with van der Waals surface area (Å²) in [5.41, 5.74) is 6.27. The minimum atomic E-state index is -0.627. The molecule has 1 unspecified atom stereocenters.